The molecule has 0 bridgehead atoms. The van der Waals surface area contributed by atoms with Crippen molar-refractivity contribution in [2.24, 2.45) is 0 Å². The molecular formula is C23H27N3O6S. The third kappa shape index (κ3) is 7.55. The van der Waals surface area contributed by atoms with E-state index in [1.165, 1.54) is 11.0 Å². The van der Waals surface area contributed by atoms with Gasteiger partial charge in [-0.05, 0) is 38.6 Å². The number of hydrogen-bond donors (Lipinski definition) is 2. The third-order valence-corrected chi connectivity index (χ3v) is 5.47. The zero-order valence-corrected chi connectivity index (χ0v) is 19.6. The minimum Gasteiger partial charge on any atom is -0.462 e. The first kappa shape index (κ1) is 25.8. The maximum absolute atomic E-state index is 12.6. The fraction of sp³-hybridized carbons (Fsp3) is 0.304. The number of nitrogens with zero attached hydrogens (tertiary/aromatic N) is 1. The van der Waals surface area contributed by atoms with Crippen LogP contribution in [0.4, 0.5) is 10.7 Å². The van der Waals surface area contributed by atoms with Crippen molar-refractivity contribution in [1.82, 2.24) is 4.90 Å². The van der Waals surface area contributed by atoms with E-state index in [1.54, 1.807) is 45.2 Å². The first-order chi connectivity index (χ1) is 15.8. The van der Waals surface area contributed by atoms with Crippen LogP contribution in [0.5, 0.6) is 0 Å². The second kappa shape index (κ2) is 12.5. The zero-order valence-electron chi connectivity index (χ0n) is 18.8. The highest BCUT2D eigenvalue weighted by Gasteiger charge is 2.27. The summed E-state index contributed by atoms with van der Waals surface area (Å²) >= 11 is 0.931. The quantitative estimate of drug-likeness (QED) is 0.381. The van der Waals surface area contributed by atoms with Gasteiger partial charge in [-0.15, -0.1) is 11.3 Å². The number of carbonyl (C=O) groups excluding carboxylic acids is 4. The van der Waals surface area contributed by atoms with Gasteiger partial charge < -0.3 is 20.1 Å². The largest absolute Gasteiger partial charge is 0.462 e. The van der Waals surface area contributed by atoms with Crippen molar-refractivity contribution >= 4 is 45.8 Å². The molecule has 0 spiro atoms. The molecule has 2 aromatic rings. The average Bonchev–Trinajstić information content (AvgIpc) is 3.08. The van der Waals surface area contributed by atoms with E-state index in [1.807, 2.05) is 6.07 Å². The maximum atomic E-state index is 12.6. The van der Waals surface area contributed by atoms with E-state index < -0.39 is 17.8 Å². The van der Waals surface area contributed by atoms with Gasteiger partial charge in [0.1, 0.15) is 16.5 Å². The molecule has 1 aromatic carbocycles. The van der Waals surface area contributed by atoms with Crippen molar-refractivity contribution in [2.45, 2.75) is 13.8 Å². The number of thiophene rings is 1. The number of ether oxygens (including phenoxy) is 2. The highest BCUT2D eigenvalue weighted by atomic mass is 32.1. The van der Waals surface area contributed by atoms with E-state index >= 15 is 0 Å². The Bertz CT molecular complexity index is 1020. The molecule has 176 valence electrons. The van der Waals surface area contributed by atoms with E-state index in [4.69, 9.17) is 9.47 Å². The standard InChI is InChI=1S/C23H27N3O6S/c1-5-12-32-23(30)20-15(3)19(22(29)31-6-2)21(33-20)25-18(28)14-26(4)13-17(27)24-16-10-8-7-9-11-16/h5,7-11H,1,6,12-14H2,2-4H3,(H,24,27)(H,25,28). The molecule has 0 unspecified atom stereocenters. The van der Waals surface area contributed by atoms with Gasteiger partial charge in [0.15, 0.2) is 0 Å². The van der Waals surface area contributed by atoms with Gasteiger partial charge >= 0.3 is 11.9 Å². The molecule has 2 amide bonds. The molecule has 10 heteroatoms. The summed E-state index contributed by atoms with van der Waals surface area (Å²) in [4.78, 5) is 51.3. The Morgan fingerprint density at radius 1 is 1.03 bits per heavy atom. The molecule has 2 rings (SSSR count). The molecule has 0 aliphatic rings. The smallest absolute Gasteiger partial charge is 0.348 e. The molecule has 0 radical (unpaired) electrons. The zero-order chi connectivity index (χ0) is 24.4. The number of nitrogens with one attached hydrogen (secondary N) is 2. The van der Waals surface area contributed by atoms with Gasteiger partial charge in [0, 0.05) is 5.69 Å². The Labute approximate surface area is 196 Å². The van der Waals surface area contributed by atoms with Crippen molar-refractivity contribution in [2.75, 3.05) is 44.0 Å². The van der Waals surface area contributed by atoms with E-state index in [-0.39, 0.29) is 47.7 Å². The Hall–Kier alpha value is -3.50. The number of benzene rings is 1. The maximum Gasteiger partial charge on any atom is 0.348 e. The van der Waals surface area contributed by atoms with Crippen LogP contribution in [-0.4, -0.2) is 62.0 Å². The molecule has 33 heavy (non-hydrogen) atoms. The van der Waals surface area contributed by atoms with E-state index in [0.29, 0.717) is 11.3 Å². The lowest BCUT2D eigenvalue weighted by Crippen LogP contribution is -2.36. The van der Waals surface area contributed by atoms with Gasteiger partial charge in [-0.25, -0.2) is 9.59 Å². The minimum atomic E-state index is -0.653. The molecular weight excluding hydrogens is 446 g/mol. The van der Waals surface area contributed by atoms with Crippen molar-refractivity contribution in [3.05, 3.63) is 59.0 Å². The minimum absolute atomic E-state index is 0.0163. The molecule has 1 heterocycles. The fourth-order valence-corrected chi connectivity index (χ4v) is 3.98. The molecule has 0 fully saturated rings. The van der Waals surface area contributed by atoms with Gasteiger partial charge in [0.05, 0.1) is 25.3 Å². The normalized spacial score (nSPS) is 10.4. The summed E-state index contributed by atoms with van der Waals surface area (Å²) in [6.07, 6.45) is 1.43. The van der Waals surface area contributed by atoms with Crippen LogP contribution in [0.2, 0.25) is 0 Å². The Balaban J connectivity index is 2.08. The molecule has 0 saturated carbocycles. The van der Waals surface area contributed by atoms with Crippen LogP contribution in [0.15, 0.2) is 43.0 Å². The molecule has 0 aliphatic heterocycles. The first-order valence-corrected chi connectivity index (χ1v) is 11.0. The Morgan fingerprint density at radius 3 is 2.27 bits per heavy atom. The Morgan fingerprint density at radius 2 is 1.67 bits per heavy atom. The lowest BCUT2D eigenvalue weighted by atomic mass is 10.1. The van der Waals surface area contributed by atoms with Gasteiger partial charge in [0.25, 0.3) is 0 Å². The number of esters is 2. The number of anilines is 2. The molecule has 2 N–H and O–H groups in total. The summed E-state index contributed by atoms with van der Waals surface area (Å²) < 4.78 is 10.1. The van der Waals surface area contributed by atoms with Crippen LogP contribution in [0.1, 0.15) is 32.5 Å². The highest BCUT2D eigenvalue weighted by molar-refractivity contribution is 7.18. The van der Waals surface area contributed by atoms with E-state index in [9.17, 15) is 19.2 Å². The summed E-state index contributed by atoms with van der Waals surface area (Å²) in [7, 11) is 1.62. The number of likely N-dealkylation sites (N-methyl/N-ethyl adjacent to an activating group) is 1. The van der Waals surface area contributed by atoms with Crippen LogP contribution in [-0.2, 0) is 19.1 Å². The van der Waals surface area contributed by atoms with E-state index in [2.05, 4.69) is 17.2 Å². The van der Waals surface area contributed by atoms with Gasteiger partial charge in [-0.1, -0.05) is 30.9 Å². The van der Waals surface area contributed by atoms with Crippen LogP contribution in [0, 0.1) is 6.92 Å². The summed E-state index contributed by atoms with van der Waals surface area (Å²) in [6.45, 7) is 6.76. The van der Waals surface area contributed by atoms with Crippen molar-refractivity contribution in [1.29, 1.82) is 0 Å². The molecule has 0 aliphatic carbocycles. The number of rotatable bonds is 11. The Kier molecular flexibility index (Phi) is 9.77. The summed E-state index contributed by atoms with van der Waals surface area (Å²) in [6, 6.07) is 8.97. The lowest BCUT2D eigenvalue weighted by molar-refractivity contribution is -0.119. The molecule has 1 aromatic heterocycles. The first-order valence-electron chi connectivity index (χ1n) is 10.2. The number of hydrogen-bond acceptors (Lipinski definition) is 8. The van der Waals surface area contributed by atoms with Gasteiger partial charge in [-0.3, -0.25) is 14.5 Å². The SMILES string of the molecule is C=CCOC(=O)c1sc(NC(=O)CN(C)CC(=O)Nc2ccccc2)c(C(=O)OCC)c1C. The number of amides is 2. The van der Waals surface area contributed by atoms with Crippen molar-refractivity contribution < 1.29 is 28.7 Å². The van der Waals surface area contributed by atoms with Gasteiger partial charge in [-0.2, -0.15) is 0 Å². The summed E-state index contributed by atoms with van der Waals surface area (Å²) in [5.41, 5.74) is 1.12. The molecule has 9 nitrogen and oxygen atoms in total. The monoisotopic (exact) mass is 473 g/mol. The summed E-state index contributed by atoms with van der Waals surface area (Å²) in [5, 5.41) is 5.58. The third-order valence-electron chi connectivity index (χ3n) is 4.28. The summed E-state index contributed by atoms with van der Waals surface area (Å²) in [5.74, 6) is -2.01. The number of carbonyl (C=O) groups is 4. The predicted molar refractivity (Wildman–Crippen MR) is 127 cm³/mol. The second-order valence-electron chi connectivity index (χ2n) is 7.00. The number of para-hydroxylation sites is 1. The highest BCUT2D eigenvalue weighted by Crippen LogP contribution is 2.34. The van der Waals surface area contributed by atoms with Gasteiger partial charge in [0.2, 0.25) is 11.8 Å². The van der Waals surface area contributed by atoms with Crippen LogP contribution < -0.4 is 10.6 Å². The van der Waals surface area contributed by atoms with Crippen LogP contribution in [0.25, 0.3) is 0 Å². The van der Waals surface area contributed by atoms with E-state index in [0.717, 1.165) is 11.3 Å². The van der Waals surface area contributed by atoms with Crippen LogP contribution in [0.3, 0.4) is 0 Å². The van der Waals surface area contributed by atoms with Crippen molar-refractivity contribution in [3.63, 3.8) is 0 Å². The molecule has 0 atom stereocenters. The average molecular weight is 474 g/mol. The fourth-order valence-electron chi connectivity index (χ4n) is 2.88. The molecule has 0 saturated heterocycles. The predicted octanol–water partition coefficient (Wildman–Crippen LogP) is 3.09. The van der Waals surface area contributed by atoms with Crippen LogP contribution >= 0.6 is 11.3 Å². The topological polar surface area (TPSA) is 114 Å². The second-order valence-corrected chi connectivity index (χ2v) is 8.02. The lowest BCUT2D eigenvalue weighted by Gasteiger charge is -2.16. The van der Waals surface area contributed by atoms with Crippen molar-refractivity contribution in [3.8, 4) is 0 Å².